The van der Waals surface area contributed by atoms with Crippen LogP contribution >= 0.6 is 0 Å². The lowest BCUT2D eigenvalue weighted by Crippen LogP contribution is -2.15. The Morgan fingerprint density at radius 3 is 2.49 bits per heavy atom. The van der Waals surface area contributed by atoms with Gasteiger partial charge in [0.15, 0.2) is 0 Å². The lowest BCUT2D eigenvalue weighted by atomic mass is 10.1. The van der Waals surface area contributed by atoms with Crippen LogP contribution in [0.2, 0.25) is 0 Å². The lowest BCUT2D eigenvalue weighted by Gasteiger charge is -2.14. The van der Waals surface area contributed by atoms with Crippen molar-refractivity contribution in [2.45, 2.75) is 20.0 Å². The van der Waals surface area contributed by atoms with Gasteiger partial charge in [-0.25, -0.2) is 9.97 Å². The number of fused-ring (bicyclic) bond motifs is 1. The summed E-state index contributed by atoms with van der Waals surface area (Å²) < 4.78 is 42.4. The van der Waals surface area contributed by atoms with E-state index in [1.807, 2.05) is 19.1 Å². The zero-order valence-electron chi connectivity index (χ0n) is 22.9. The number of aromatic nitrogens is 4. The Balaban J connectivity index is 1.21. The number of aryl methyl sites for hydroxylation is 2. The van der Waals surface area contributed by atoms with Crippen LogP contribution in [0.1, 0.15) is 38.7 Å². The normalized spacial score (nSPS) is 13.6. The number of carbonyl (C=O) groups excluding carboxylic acids is 2. The van der Waals surface area contributed by atoms with Crippen molar-refractivity contribution in [1.29, 1.82) is 0 Å². The van der Waals surface area contributed by atoms with Crippen molar-refractivity contribution in [1.82, 2.24) is 19.5 Å². The maximum atomic E-state index is 13.6. The van der Waals surface area contributed by atoms with Crippen LogP contribution in [0.4, 0.5) is 35.9 Å². The van der Waals surface area contributed by atoms with Gasteiger partial charge in [-0.15, -0.1) is 0 Å². The minimum Gasteiger partial charge on any atom is -0.355 e. The Labute approximate surface area is 243 Å². The van der Waals surface area contributed by atoms with E-state index in [1.165, 1.54) is 17.0 Å². The third-order valence-electron chi connectivity index (χ3n) is 6.74. The van der Waals surface area contributed by atoms with E-state index in [4.69, 9.17) is 0 Å². The SMILES string of the molecule is Cc1cn(-c2cc(C(=O)Nc3cccc(Nc4ccc5c(c4)NC(=O)/C5=C\c4nc(C)c[nH]4)c3)cc(C(F)(F)F)c2)cn1. The van der Waals surface area contributed by atoms with Gasteiger partial charge in [-0.3, -0.25) is 9.59 Å². The van der Waals surface area contributed by atoms with E-state index in [9.17, 15) is 22.8 Å². The second-order valence-corrected chi connectivity index (χ2v) is 10.0. The highest BCUT2D eigenvalue weighted by Crippen LogP contribution is 2.36. The highest BCUT2D eigenvalue weighted by molar-refractivity contribution is 6.34. The van der Waals surface area contributed by atoms with Gasteiger partial charge in [-0.2, -0.15) is 13.2 Å². The van der Waals surface area contributed by atoms with Crippen molar-refractivity contribution >= 4 is 46.2 Å². The van der Waals surface area contributed by atoms with E-state index in [1.54, 1.807) is 55.7 Å². The third kappa shape index (κ3) is 5.89. The van der Waals surface area contributed by atoms with Gasteiger partial charge in [0.05, 0.1) is 34.5 Å². The number of H-pyrrole nitrogens is 1. The summed E-state index contributed by atoms with van der Waals surface area (Å²) in [5, 5.41) is 8.77. The van der Waals surface area contributed by atoms with Gasteiger partial charge in [-0.1, -0.05) is 12.1 Å². The molecule has 1 aliphatic heterocycles. The highest BCUT2D eigenvalue weighted by Gasteiger charge is 2.32. The van der Waals surface area contributed by atoms with Crippen LogP contribution in [-0.4, -0.2) is 31.3 Å². The lowest BCUT2D eigenvalue weighted by molar-refractivity contribution is -0.137. The molecular weight excluding hydrogens is 559 g/mol. The molecule has 0 unspecified atom stereocenters. The Kier molecular flexibility index (Phi) is 6.81. The van der Waals surface area contributed by atoms with Gasteiger partial charge in [0, 0.05) is 46.3 Å². The summed E-state index contributed by atoms with van der Waals surface area (Å²) >= 11 is 0. The van der Waals surface area contributed by atoms with Crippen LogP contribution in [-0.2, 0) is 11.0 Å². The van der Waals surface area contributed by atoms with E-state index < -0.39 is 17.6 Å². The molecular formula is C31H24F3N7O2. The van der Waals surface area contributed by atoms with Crippen LogP contribution in [0.25, 0.3) is 17.3 Å². The molecule has 0 saturated heterocycles. The number of carbonyl (C=O) groups is 2. The van der Waals surface area contributed by atoms with Crippen molar-refractivity contribution in [2.75, 3.05) is 16.0 Å². The molecule has 2 amide bonds. The molecule has 9 nitrogen and oxygen atoms in total. The fraction of sp³-hybridized carbons (Fsp3) is 0.0968. The molecule has 0 fully saturated rings. The van der Waals surface area contributed by atoms with E-state index in [2.05, 4.69) is 30.9 Å². The predicted octanol–water partition coefficient (Wildman–Crippen LogP) is 6.72. The molecule has 0 radical (unpaired) electrons. The number of amides is 2. The smallest absolute Gasteiger partial charge is 0.355 e. The van der Waals surface area contributed by atoms with E-state index in [-0.39, 0.29) is 17.2 Å². The maximum Gasteiger partial charge on any atom is 0.416 e. The highest BCUT2D eigenvalue weighted by atomic mass is 19.4. The standard InChI is InChI=1S/C31H24F3N7O2/c1-17-14-35-28(37-17)13-26-25-7-6-23(12-27(25)40-30(26)43)38-21-4-3-5-22(11-21)39-29(42)19-8-20(31(32,33)34)10-24(9-19)41-15-18(2)36-16-41/h3-16,38H,1-2H3,(H,35,37)(H,39,42)(H,40,43)/b26-13-. The summed E-state index contributed by atoms with van der Waals surface area (Å²) in [4.78, 5) is 37.1. The van der Waals surface area contributed by atoms with Crippen molar-refractivity contribution in [3.8, 4) is 5.69 Å². The Morgan fingerprint density at radius 2 is 1.77 bits per heavy atom. The van der Waals surface area contributed by atoms with Crippen LogP contribution in [0.5, 0.6) is 0 Å². The molecule has 216 valence electrons. The Morgan fingerprint density at radius 1 is 0.977 bits per heavy atom. The number of nitrogens with zero attached hydrogens (tertiary/aromatic N) is 3. The fourth-order valence-corrected chi connectivity index (χ4v) is 4.72. The minimum absolute atomic E-state index is 0.155. The summed E-state index contributed by atoms with van der Waals surface area (Å²) in [6, 6.07) is 15.3. The number of benzene rings is 3. The third-order valence-corrected chi connectivity index (χ3v) is 6.74. The largest absolute Gasteiger partial charge is 0.416 e. The quantitative estimate of drug-likeness (QED) is 0.166. The minimum atomic E-state index is -4.64. The number of anilines is 4. The first-order valence-corrected chi connectivity index (χ1v) is 13.1. The van der Waals surface area contributed by atoms with Crippen LogP contribution in [0.15, 0.2) is 79.4 Å². The first-order chi connectivity index (χ1) is 20.5. The Hall–Kier alpha value is -5.65. The molecule has 0 spiro atoms. The van der Waals surface area contributed by atoms with Gasteiger partial charge in [0.25, 0.3) is 11.8 Å². The molecule has 0 saturated carbocycles. The molecule has 43 heavy (non-hydrogen) atoms. The van der Waals surface area contributed by atoms with Crippen molar-refractivity contribution < 1.29 is 22.8 Å². The van der Waals surface area contributed by atoms with Crippen molar-refractivity contribution in [3.63, 3.8) is 0 Å². The summed E-state index contributed by atoms with van der Waals surface area (Å²) in [7, 11) is 0. The molecule has 3 heterocycles. The number of nitrogens with one attached hydrogen (secondary N) is 4. The number of aromatic amines is 1. The molecule has 1 aliphatic rings. The molecule has 3 aromatic carbocycles. The second kappa shape index (κ2) is 10.6. The molecule has 0 bridgehead atoms. The van der Waals surface area contributed by atoms with Crippen LogP contribution in [0.3, 0.4) is 0 Å². The van der Waals surface area contributed by atoms with E-state index in [0.717, 1.165) is 23.4 Å². The van der Waals surface area contributed by atoms with Crippen LogP contribution < -0.4 is 16.0 Å². The average molecular weight is 584 g/mol. The molecule has 5 aromatic rings. The number of alkyl halides is 3. The van der Waals surface area contributed by atoms with Gasteiger partial charge in [0.1, 0.15) is 5.82 Å². The summed E-state index contributed by atoms with van der Waals surface area (Å²) in [6.07, 6.45) is 1.77. The number of hydrogen-bond donors (Lipinski definition) is 4. The van der Waals surface area contributed by atoms with Crippen LogP contribution in [0, 0.1) is 13.8 Å². The summed E-state index contributed by atoms with van der Waals surface area (Å²) in [5.41, 5.74) is 4.01. The van der Waals surface area contributed by atoms with Crippen molar-refractivity contribution in [3.05, 3.63) is 113 Å². The summed E-state index contributed by atoms with van der Waals surface area (Å²) in [5.74, 6) is -0.366. The predicted molar refractivity (Wildman–Crippen MR) is 157 cm³/mol. The first-order valence-electron chi connectivity index (χ1n) is 13.1. The maximum absolute atomic E-state index is 13.6. The molecule has 0 aliphatic carbocycles. The zero-order chi connectivity index (χ0) is 30.3. The van der Waals surface area contributed by atoms with Gasteiger partial charge in [0.2, 0.25) is 0 Å². The number of halogens is 3. The van der Waals surface area contributed by atoms with Gasteiger partial charge < -0.3 is 25.5 Å². The zero-order valence-corrected chi connectivity index (χ0v) is 22.9. The number of imidazole rings is 2. The van der Waals surface area contributed by atoms with E-state index >= 15 is 0 Å². The molecule has 6 rings (SSSR count). The molecule has 12 heteroatoms. The van der Waals surface area contributed by atoms with Gasteiger partial charge >= 0.3 is 6.18 Å². The molecule has 0 atom stereocenters. The average Bonchev–Trinajstić information content (AvgIpc) is 3.66. The van der Waals surface area contributed by atoms with Crippen molar-refractivity contribution in [2.24, 2.45) is 0 Å². The topological polar surface area (TPSA) is 117 Å². The number of rotatable bonds is 6. The van der Waals surface area contributed by atoms with E-state index in [0.29, 0.717) is 39.8 Å². The monoisotopic (exact) mass is 583 g/mol. The number of hydrogen-bond acceptors (Lipinski definition) is 5. The fourth-order valence-electron chi connectivity index (χ4n) is 4.72. The Bertz CT molecular complexity index is 1920. The molecule has 4 N–H and O–H groups in total. The second-order valence-electron chi connectivity index (χ2n) is 10.0. The summed E-state index contributed by atoms with van der Waals surface area (Å²) in [6.45, 7) is 3.57. The first kappa shape index (κ1) is 27.5. The molecule has 2 aromatic heterocycles. The van der Waals surface area contributed by atoms with Gasteiger partial charge in [-0.05, 0) is 68.5 Å².